The van der Waals surface area contributed by atoms with Crippen LogP contribution >= 0.6 is 0 Å². The van der Waals surface area contributed by atoms with Crippen LogP contribution in [0.15, 0.2) is 48.5 Å². The van der Waals surface area contributed by atoms with Gasteiger partial charge in [-0.05, 0) is 44.2 Å². The lowest BCUT2D eigenvalue weighted by Crippen LogP contribution is -3.00. The summed E-state index contributed by atoms with van der Waals surface area (Å²) >= 11 is 0. The van der Waals surface area contributed by atoms with Gasteiger partial charge in [0, 0.05) is 5.56 Å². The molecular weight excluding hydrogens is 405 g/mol. The maximum atomic E-state index is 14.0. The van der Waals surface area contributed by atoms with Crippen molar-refractivity contribution in [1.29, 1.82) is 0 Å². The van der Waals surface area contributed by atoms with Crippen molar-refractivity contribution in [3.05, 3.63) is 65.5 Å². The summed E-state index contributed by atoms with van der Waals surface area (Å²) in [7, 11) is 0. The van der Waals surface area contributed by atoms with E-state index in [1.807, 2.05) is 13.0 Å². The Labute approximate surface area is 173 Å². The van der Waals surface area contributed by atoms with E-state index in [9.17, 15) is 4.39 Å². The molecule has 0 atom stereocenters. The summed E-state index contributed by atoms with van der Waals surface area (Å²) < 4.78 is 21.0. The number of benzene rings is 2. The van der Waals surface area contributed by atoms with Crippen molar-refractivity contribution in [2.45, 2.75) is 45.6 Å². The molecule has 1 saturated heterocycles. The SMILES string of the molecule is Cc1cccc(F)c1OCC[N+]1(Cc2ccccc2)CCCCCCC1.[Br-]. The Hall–Kier alpha value is -1.39. The summed E-state index contributed by atoms with van der Waals surface area (Å²) in [4.78, 5) is 0. The van der Waals surface area contributed by atoms with Gasteiger partial charge in [0.15, 0.2) is 11.6 Å². The monoisotopic (exact) mass is 435 g/mol. The highest BCUT2D eigenvalue weighted by Gasteiger charge is 2.28. The third kappa shape index (κ3) is 6.32. The van der Waals surface area contributed by atoms with Gasteiger partial charge in [0.05, 0.1) is 13.1 Å². The van der Waals surface area contributed by atoms with Gasteiger partial charge in [-0.15, -0.1) is 0 Å². The van der Waals surface area contributed by atoms with Crippen molar-refractivity contribution in [1.82, 2.24) is 0 Å². The van der Waals surface area contributed by atoms with Crippen LogP contribution in [0.3, 0.4) is 0 Å². The van der Waals surface area contributed by atoms with Crippen LogP contribution in [-0.4, -0.2) is 30.7 Å². The predicted octanol–water partition coefficient (Wildman–Crippen LogP) is 2.50. The van der Waals surface area contributed by atoms with Crippen molar-refractivity contribution in [2.24, 2.45) is 0 Å². The topological polar surface area (TPSA) is 9.23 Å². The van der Waals surface area contributed by atoms with Crippen LogP contribution in [0, 0.1) is 12.7 Å². The zero-order chi connectivity index (χ0) is 18.2. The molecule has 1 fully saturated rings. The number of quaternary nitrogens is 1. The summed E-state index contributed by atoms with van der Waals surface area (Å²) in [6.45, 7) is 6.82. The molecule has 2 nitrogen and oxygen atoms in total. The van der Waals surface area contributed by atoms with Crippen molar-refractivity contribution < 1.29 is 30.6 Å². The van der Waals surface area contributed by atoms with Gasteiger partial charge < -0.3 is 26.2 Å². The Bertz CT molecular complexity index is 664. The first-order valence-electron chi connectivity index (χ1n) is 9.95. The molecule has 3 rings (SSSR count). The first kappa shape index (κ1) is 21.9. The number of likely N-dealkylation sites (tertiary alicyclic amines) is 1. The molecule has 0 saturated carbocycles. The molecular formula is C23H31BrFNO. The second-order valence-electron chi connectivity index (χ2n) is 7.66. The molecule has 0 N–H and O–H groups in total. The molecule has 4 heteroatoms. The molecule has 2 aromatic carbocycles. The van der Waals surface area contributed by atoms with Crippen LogP contribution < -0.4 is 21.7 Å². The molecule has 0 radical (unpaired) electrons. The van der Waals surface area contributed by atoms with Gasteiger partial charge in [-0.2, -0.15) is 0 Å². The summed E-state index contributed by atoms with van der Waals surface area (Å²) in [5, 5.41) is 0. The Morgan fingerprint density at radius 2 is 1.56 bits per heavy atom. The zero-order valence-corrected chi connectivity index (χ0v) is 17.9. The highest BCUT2D eigenvalue weighted by atomic mass is 79.9. The summed E-state index contributed by atoms with van der Waals surface area (Å²) in [6, 6.07) is 15.9. The fraction of sp³-hybridized carbons (Fsp3) is 0.478. The normalized spacial score (nSPS) is 16.7. The second kappa shape index (κ2) is 10.8. The van der Waals surface area contributed by atoms with Crippen LogP contribution in [0.5, 0.6) is 5.75 Å². The van der Waals surface area contributed by atoms with Gasteiger partial charge in [-0.25, -0.2) is 4.39 Å². The number of halogens is 2. The molecule has 0 spiro atoms. The standard InChI is InChI=1S/C23H31FNO.BrH/c1-20-11-10-14-22(24)23(20)26-18-17-25(15-8-3-2-4-9-16-25)19-21-12-6-5-7-13-21;/h5-7,10-14H,2-4,8-9,15-19H2,1H3;1H/q+1;/p-1. The first-order chi connectivity index (χ1) is 12.7. The van der Waals surface area contributed by atoms with Crippen LogP contribution in [0.2, 0.25) is 0 Å². The quantitative estimate of drug-likeness (QED) is 0.633. The van der Waals surface area contributed by atoms with E-state index < -0.39 is 0 Å². The molecule has 0 aliphatic carbocycles. The second-order valence-corrected chi connectivity index (χ2v) is 7.66. The minimum absolute atomic E-state index is 0. The Morgan fingerprint density at radius 3 is 2.22 bits per heavy atom. The third-order valence-corrected chi connectivity index (χ3v) is 5.60. The molecule has 0 aromatic heterocycles. The molecule has 1 aliphatic heterocycles. The van der Waals surface area contributed by atoms with Crippen molar-refractivity contribution in [3.8, 4) is 5.75 Å². The van der Waals surface area contributed by atoms with Crippen molar-refractivity contribution in [2.75, 3.05) is 26.2 Å². The number of ether oxygens (including phenoxy) is 1. The van der Waals surface area contributed by atoms with Gasteiger partial charge in [0.25, 0.3) is 0 Å². The highest BCUT2D eigenvalue weighted by molar-refractivity contribution is 5.33. The summed E-state index contributed by atoms with van der Waals surface area (Å²) in [5.74, 6) is 0.157. The Kier molecular flexibility index (Phi) is 8.78. The lowest BCUT2D eigenvalue weighted by Gasteiger charge is -2.40. The molecule has 27 heavy (non-hydrogen) atoms. The number of para-hydroxylation sites is 1. The van der Waals surface area contributed by atoms with E-state index in [2.05, 4.69) is 30.3 Å². The molecule has 2 aromatic rings. The fourth-order valence-electron chi connectivity index (χ4n) is 4.11. The van der Waals surface area contributed by atoms with E-state index in [1.165, 1.54) is 56.8 Å². The smallest absolute Gasteiger partial charge is 0.165 e. The molecule has 1 heterocycles. The van der Waals surface area contributed by atoms with Crippen molar-refractivity contribution >= 4 is 0 Å². The fourth-order valence-corrected chi connectivity index (χ4v) is 4.11. The minimum Gasteiger partial charge on any atom is -1.00 e. The summed E-state index contributed by atoms with van der Waals surface area (Å²) in [5.41, 5.74) is 2.25. The Balaban J connectivity index is 0.00000261. The van der Waals surface area contributed by atoms with Gasteiger partial charge in [0.2, 0.25) is 0 Å². The number of hydrogen-bond acceptors (Lipinski definition) is 1. The van der Waals surface area contributed by atoms with Crippen LogP contribution in [0.4, 0.5) is 4.39 Å². The zero-order valence-electron chi connectivity index (χ0n) is 16.3. The number of nitrogens with zero attached hydrogens (tertiary/aromatic N) is 1. The van der Waals surface area contributed by atoms with E-state index in [-0.39, 0.29) is 22.8 Å². The molecule has 0 amide bonds. The van der Waals surface area contributed by atoms with Crippen molar-refractivity contribution in [3.63, 3.8) is 0 Å². The molecule has 1 aliphatic rings. The molecule has 0 unspecified atom stereocenters. The van der Waals surface area contributed by atoms with E-state index in [4.69, 9.17) is 4.74 Å². The molecule has 148 valence electrons. The van der Waals surface area contributed by atoms with E-state index in [0.717, 1.165) is 23.1 Å². The average molecular weight is 436 g/mol. The average Bonchev–Trinajstić information content (AvgIpc) is 2.62. The van der Waals surface area contributed by atoms with E-state index >= 15 is 0 Å². The number of hydrogen-bond donors (Lipinski definition) is 0. The van der Waals surface area contributed by atoms with E-state index in [1.54, 1.807) is 6.07 Å². The summed E-state index contributed by atoms with van der Waals surface area (Å²) in [6.07, 6.45) is 6.54. The highest BCUT2D eigenvalue weighted by Crippen LogP contribution is 2.24. The van der Waals surface area contributed by atoms with Gasteiger partial charge in [-0.3, -0.25) is 0 Å². The lowest BCUT2D eigenvalue weighted by molar-refractivity contribution is -0.941. The number of aryl methyl sites for hydroxylation is 1. The first-order valence-corrected chi connectivity index (χ1v) is 9.95. The van der Waals surface area contributed by atoms with Gasteiger partial charge in [-0.1, -0.05) is 48.9 Å². The van der Waals surface area contributed by atoms with Crippen LogP contribution in [0.25, 0.3) is 0 Å². The van der Waals surface area contributed by atoms with Gasteiger partial charge in [0.1, 0.15) is 19.7 Å². The largest absolute Gasteiger partial charge is 1.00 e. The Morgan fingerprint density at radius 1 is 0.889 bits per heavy atom. The maximum Gasteiger partial charge on any atom is 0.165 e. The van der Waals surface area contributed by atoms with Crippen LogP contribution in [-0.2, 0) is 6.54 Å². The lowest BCUT2D eigenvalue weighted by atomic mass is 10.0. The van der Waals surface area contributed by atoms with Crippen LogP contribution in [0.1, 0.15) is 43.2 Å². The number of rotatable bonds is 6. The maximum absolute atomic E-state index is 14.0. The third-order valence-electron chi connectivity index (χ3n) is 5.60. The minimum atomic E-state index is -0.257. The molecule has 0 bridgehead atoms. The van der Waals surface area contributed by atoms with Gasteiger partial charge >= 0.3 is 0 Å². The van der Waals surface area contributed by atoms with E-state index in [0.29, 0.717) is 12.4 Å². The predicted molar refractivity (Wildman–Crippen MR) is 105 cm³/mol.